The molecule has 0 radical (unpaired) electrons. The molecule has 0 spiro atoms. The first-order chi connectivity index (χ1) is 7.70. The number of pyridine rings is 1. The van der Waals surface area contributed by atoms with Crippen molar-refractivity contribution in [2.45, 2.75) is 24.1 Å². The summed E-state index contributed by atoms with van der Waals surface area (Å²) in [6.45, 7) is 3.96. The summed E-state index contributed by atoms with van der Waals surface area (Å²) in [4.78, 5) is 4.54. The molecule has 1 heterocycles. The van der Waals surface area contributed by atoms with Crippen molar-refractivity contribution in [1.82, 2.24) is 4.98 Å². The average molecular weight is 228 g/mol. The fourth-order valence-electron chi connectivity index (χ4n) is 1.59. The second-order valence-electron chi connectivity index (χ2n) is 3.68. The van der Waals surface area contributed by atoms with E-state index in [4.69, 9.17) is 5.26 Å². The van der Waals surface area contributed by atoms with E-state index in [-0.39, 0.29) is 5.25 Å². The van der Waals surface area contributed by atoms with Crippen LogP contribution in [0.15, 0.2) is 35.4 Å². The Morgan fingerprint density at radius 1 is 1.38 bits per heavy atom. The van der Waals surface area contributed by atoms with E-state index in [9.17, 15) is 0 Å². The molecule has 1 aromatic carbocycles. The number of fused-ring (bicyclic) bond motifs is 1. The van der Waals surface area contributed by atoms with Crippen molar-refractivity contribution >= 4 is 22.7 Å². The van der Waals surface area contributed by atoms with E-state index >= 15 is 0 Å². The van der Waals surface area contributed by atoms with Crippen LogP contribution in [0.25, 0.3) is 10.9 Å². The van der Waals surface area contributed by atoms with Crippen molar-refractivity contribution in [2.24, 2.45) is 0 Å². The predicted octanol–water partition coefficient (Wildman–Crippen LogP) is 3.55. The summed E-state index contributed by atoms with van der Waals surface area (Å²) in [6, 6.07) is 12.3. The summed E-state index contributed by atoms with van der Waals surface area (Å²) in [5.74, 6) is 0. The third-order valence-electron chi connectivity index (χ3n) is 2.38. The smallest absolute Gasteiger partial charge is 0.0982 e. The molecule has 1 aromatic heterocycles. The number of rotatable bonds is 2. The van der Waals surface area contributed by atoms with Crippen molar-refractivity contribution in [3.63, 3.8) is 0 Å². The van der Waals surface area contributed by atoms with E-state index in [0.29, 0.717) is 0 Å². The minimum absolute atomic E-state index is 0.0620. The number of nitrogens with zero attached hydrogens (tertiary/aromatic N) is 2. The zero-order valence-corrected chi connectivity index (χ0v) is 10.1. The van der Waals surface area contributed by atoms with Crippen LogP contribution in [0.3, 0.4) is 0 Å². The van der Waals surface area contributed by atoms with Crippen LogP contribution < -0.4 is 0 Å². The van der Waals surface area contributed by atoms with E-state index in [1.807, 2.05) is 31.2 Å². The third-order valence-corrected chi connectivity index (χ3v) is 3.29. The van der Waals surface area contributed by atoms with Gasteiger partial charge in [0.05, 0.1) is 21.9 Å². The van der Waals surface area contributed by atoms with E-state index in [1.165, 1.54) is 22.7 Å². The molecular formula is C13H12N2S. The fourth-order valence-corrected chi connectivity index (χ4v) is 2.40. The number of thioether (sulfide) groups is 1. The van der Waals surface area contributed by atoms with Gasteiger partial charge in [0, 0.05) is 5.39 Å². The Hall–Kier alpha value is -1.53. The number of benzene rings is 1. The molecule has 0 aliphatic carbocycles. The average Bonchev–Trinajstić information content (AvgIpc) is 2.29. The Balaban J connectivity index is 2.46. The monoisotopic (exact) mass is 228 g/mol. The summed E-state index contributed by atoms with van der Waals surface area (Å²) >= 11 is 1.50. The summed E-state index contributed by atoms with van der Waals surface area (Å²) in [5.41, 5.74) is 2.20. The Morgan fingerprint density at radius 2 is 2.12 bits per heavy atom. The molecule has 0 bridgehead atoms. The molecule has 2 nitrogen and oxygen atoms in total. The molecule has 0 amide bonds. The predicted molar refractivity (Wildman–Crippen MR) is 67.4 cm³/mol. The fraction of sp³-hybridized carbons (Fsp3) is 0.231. The van der Waals surface area contributed by atoms with E-state index < -0.39 is 0 Å². The van der Waals surface area contributed by atoms with Gasteiger partial charge in [0.2, 0.25) is 0 Å². The Morgan fingerprint density at radius 3 is 2.88 bits per heavy atom. The first-order valence-corrected chi connectivity index (χ1v) is 6.01. The van der Waals surface area contributed by atoms with Gasteiger partial charge < -0.3 is 0 Å². The maximum atomic E-state index is 8.78. The van der Waals surface area contributed by atoms with Crippen LogP contribution in [-0.2, 0) is 0 Å². The normalized spacial score (nSPS) is 12.3. The second kappa shape index (κ2) is 4.54. The van der Waals surface area contributed by atoms with Gasteiger partial charge in [0.25, 0.3) is 0 Å². The third kappa shape index (κ3) is 2.17. The van der Waals surface area contributed by atoms with Gasteiger partial charge >= 0.3 is 0 Å². The van der Waals surface area contributed by atoms with Crippen LogP contribution in [0.5, 0.6) is 0 Å². The summed E-state index contributed by atoms with van der Waals surface area (Å²) in [7, 11) is 0. The van der Waals surface area contributed by atoms with Crippen LogP contribution in [0.2, 0.25) is 0 Å². The van der Waals surface area contributed by atoms with E-state index in [1.54, 1.807) is 0 Å². The van der Waals surface area contributed by atoms with E-state index in [2.05, 4.69) is 24.0 Å². The Kier molecular flexibility index (Phi) is 3.12. The first-order valence-electron chi connectivity index (χ1n) is 5.13. The van der Waals surface area contributed by atoms with Crippen molar-refractivity contribution in [1.29, 1.82) is 5.26 Å². The highest BCUT2D eigenvalue weighted by Gasteiger charge is 2.06. The lowest BCUT2D eigenvalue weighted by molar-refractivity contribution is 1.14. The highest BCUT2D eigenvalue weighted by molar-refractivity contribution is 8.00. The number of para-hydroxylation sites is 1. The maximum absolute atomic E-state index is 8.78. The van der Waals surface area contributed by atoms with Crippen molar-refractivity contribution in [3.05, 3.63) is 35.9 Å². The van der Waals surface area contributed by atoms with Gasteiger partial charge in [-0.2, -0.15) is 5.26 Å². The number of aryl methyl sites for hydroxylation is 1. The SMILES string of the molecule is Cc1cc(S[C@H](C)C#N)nc2ccccc12. The maximum Gasteiger partial charge on any atom is 0.0982 e. The molecule has 2 rings (SSSR count). The van der Waals surface area contributed by atoms with Gasteiger partial charge in [0.1, 0.15) is 0 Å². The molecule has 16 heavy (non-hydrogen) atoms. The molecule has 2 aromatic rings. The minimum Gasteiger partial charge on any atom is -0.241 e. The van der Waals surface area contributed by atoms with Gasteiger partial charge in [-0.1, -0.05) is 30.0 Å². The zero-order valence-electron chi connectivity index (χ0n) is 9.27. The highest BCUT2D eigenvalue weighted by Crippen LogP contribution is 2.25. The summed E-state index contributed by atoms with van der Waals surface area (Å²) < 4.78 is 0. The van der Waals surface area contributed by atoms with Crippen molar-refractivity contribution in [3.8, 4) is 6.07 Å². The second-order valence-corrected chi connectivity index (χ2v) is 5.04. The lowest BCUT2D eigenvalue weighted by Crippen LogP contribution is -1.93. The molecule has 0 saturated heterocycles. The topological polar surface area (TPSA) is 36.7 Å². The molecule has 0 aliphatic heterocycles. The van der Waals surface area contributed by atoms with Crippen LogP contribution in [0, 0.1) is 18.3 Å². The quantitative estimate of drug-likeness (QED) is 0.737. The molecule has 80 valence electrons. The number of aromatic nitrogens is 1. The molecular weight excluding hydrogens is 216 g/mol. The van der Waals surface area contributed by atoms with Crippen LogP contribution in [0.1, 0.15) is 12.5 Å². The lowest BCUT2D eigenvalue weighted by atomic mass is 10.1. The highest BCUT2D eigenvalue weighted by atomic mass is 32.2. The van der Waals surface area contributed by atoms with Gasteiger partial charge in [-0.25, -0.2) is 4.98 Å². The van der Waals surface area contributed by atoms with Crippen molar-refractivity contribution < 1.29 is 0 Å². The van der Waals surface area contributed by atoms with E-state index in [0.717, 1.165) is 10.5 Å². The van der Waals surface area contributed by atoms with Crippen LogP contribution >= 0.6 is 11.8 Å². The molecule has 0 unspecified atom stereocenters. The minimum atomic E-state index is -0.0620. The van der Waals surface area contributed by atoms with Gasteiger partial charge in [-0.05, 0) is 31.5 Å². The zero-order chi connectivity index (χ0) is 11.5. The standard InChI is InChI=1S/C13H12N2S/c1-9-7-13(16-10(2)8-14)15-12-6-4-3-5-11(9)12/h3-7,10H,1-2H3/t10-/m1/s1. The van der Waals surface area contributed by atoms with Gasteiger partial charge in [0.15, 0.2) is 0 Å². The Bertz CT molecular complexity index is 557. The molecule has 0 aliphatic rings. The largest absolute Gasteiger partial charge is 0.241 e. The Labute approximate surface area is 99.3 Å². The molecule has 0 fully saturated rings. The summed E-state index contributed by atoms with van der Waals surface area (Å²) in [5, 5.41) is 10.8. The lowest BCUT2D eigenvalue weighted by Gasteiger charge is -2.06. The van der Waals surface area contributed by atoms with Gasteiger partial charge in [-0.3, -0.25) is 0 Å². The molecule has 1 atom stereocenters. The molecule has 0 N–H and O–H groups in total. The number of hydrogen-bond donors (Lipinski definition) is 0. The number of nitriles is 1. The first kappa shape index (κ1) is 11.0. The van der Waals surface area contributed by atoms with Crippen LogP contribution in [0.4, 0.5) is 0 Å². The van der Waals surface area contributed by atoms with Crippen LogP contribution in [-0.4, -0.2) is 10.2 Å². The van der Waals surface area contributed by atoms with Crippen molar-refractivity contribution in [2.75, 3.05) is 0 Å². The van der Waals surface area contributed by atoms with Gasteiger partial charge in [-0.15, -0.1) is 0 Å². The molecule has 0 saturated carbocycles. The number of hydrogen-bond acceptors (Lipinski definition) is 3. The molecule has 3 heteroatoms. The summed E-state index contributed by atoms with van der Waals surface area (Å²) in [6.07, 6.45) is 0.